The van der Waals surface area contributed by atoms with E-state index in [4.69, 9.17) is 4.74 Å². The number of rotatable bonds is 6. The molecule has 0 aliphatic rings. The lowest BCUT2D eigenvalue weighted by Crippen LogP contribution is -2.13. The van der Waals surface area contributed by atoms with Crippen molar-refractivity contribution in [3.8, 4) is 11.5 Å². The van der Waals surface area contributed by atoms with Gasteiger partial charge < -0.3 is 9.84 Å². The standard InChI is InChI=1S/C24H18BrN3O5S/c1-33-17-10-6-15(7-11-17)24(30)27-26-22-14-21(19-4-2-3-5-20(19)23(22)29)28-34(31,32)18-12-8-16(25)9-13-18/h2-14,28-29H,1H3. The van der Waals surface area contributed by atoms with E-state index in [0.29, 0.717) is 16.5 Å². The largest absolute Gasteiger partial charge is 0.505 e. The number of nitrogens with one attached hydrogen (secondary N) is 1. The predicted molar refractivity (Wildman–Crippen MR) is 132 cm³/mol. The van der Waals surface area contributed by atoms with E-state index < -0.39 is 15.9 Å². The van der Waals surface area contributed by atoms with Crippen LogP contribution in [0.2, 0.25) is 0 Å². The number of carbonyl (C=O) groups is 1. The van der Waals surface area contributed by atoms with Crippen molar-refractivity contribution < 1.29 is 23.1 Å². The Balaban J connectivity index is 1.72. The van der Waals surface area contributed by atoms with E-state index in [1.165, 1.54) is 37.4 Å². The molecule has 0 spiro atoms. The van der Waals surface area contributed by atoms with Crippen LogP contribution in [0, 0.1) is 0 Å². The van der Waals surface area contributed by atoms with Crippen molar-refractivity contribution in [2.75, 3.05) is 11.8 Å². The summed E-state index contributed by atoms with van der Waals surface area (Å²) in [6.07, 6.45) is 0. The number of methoxy groups -OCH3 is 1. The highest BCUT2D eigenvalue weighted by atomic mass is 79.9. The Morgan fingerprint density at radius 3 is 2.26 bits per heavy atom. The number of hydrogen-bond acceptors (Lipinski definition) is 6. The normalized spacial score (nSPS) is 11.6. The van der Waals surface area contributed by atoms with Gasteiger partial charge in [0.1, 0.15) is 11.4 Å². The van der Waals surface area contributed by atoms with Crippen LogP contribution in [0.4, 0.5) is 11.4 Å². The summed E-state index contributed by atoms with van der Waals surface area (Å²) in [4.78, 5) is 12.5. The molecule has 34 heavy (non-hydrogen) atoms. The van der Waals surface area contributed by atoms with E-state index in [-0.39, 0.29) is 27.6 Å². The lowest BCUT2D eigenvalue weighted by Gasteiger charge is -2.13. The van der Waals surface area contributed by atoms with Crippen molar-refractivity contribution in [1.29, 1.82) is 0 Å². The van der Waals surface area contributed by atoms with Crippen LogP contribution < -0.4 is 9.46 Å². The SMILES string of the molecule is COc1ccc(C(=O)N=Nc2cc(NS(=O)(=O)c3ccc(Br)cc3)c3ccccc3c2O)cc1. The van der Waals surface area contributed by atoms with Gasteiger partial charge in [0.2, 0.25) is 0 Å². The molecule has 4 aromatic carbocycles. The van der Waals surface area contributed by atoms with Crippen molar-refractivity contribution in [2.24, 2.45) is 10.2 Å². The molecular formula is C24H18BrN3O5S. The van der Waals surface area contributed by atoms with Crippen molar-refractivity contribution >= 4 is 54.0 Å². The first kappa shape index (κ1) is 23.4. The molecule has 10 heteroatoms. The van der Waals surface area contributed by atoms with Gasteiger partial charge in [-0.15, -0.1) is 10.2 Å². The molecule has 0 aliphatic carbocycles. The van der Waals surface area contributed by atoms with Crippen molar-refractivity contribution in [2.45, 2.75) is 4.90 Å². The maximum Gasteiger partial charge on any atom is 0.295 e. The Bertz CT molecular complexity index is 1500. The number of phenols is 1. The Morgan fingerprint density at radius 1 is 0.971 bits per heavy atom. The highest BCUT2D eigenvalue weighted by Gasteiger charge is 2.18. The van der Waals surface area contributed by atoms with Crippen molar-refractivity contribution in [3.63, 3.8) is 0 Å². The number of halogens is 1. The topological polar surface area (TPSA) is 117 Å². The molecule has 4 rings (SSSR count). The van der Waals surface area contributed by atoms with Gasteiger partial charge in [-0.1, -0.05) is 40.2 Å². The number of fused-ring (bicyclic) bond motifs is 1. The molecule has 172 valence electrons. The summed E-state index contributed by atoms with van der Waals surface area (Å²) in [7, 11) is -2.42. The molecular weight excluding hydrogens is 522 g/mol. The Labute approximate surface area is 204 Å². The quantitative estimate of drug-likeness (QED) is 0.228. The minimum Gasteiger partial charge on any atom is -0.505 e. The highest BCUT2D eigenvalue weighted by Crippen LogP contribution is 2.40. The van der Waals surface area contributed by atoms with Gasteiger partial charge in [-0.05, 0) is 54.6 Å². The smallest absolute Gasteiger partial charge is 0.295 e. The number of benzene rings is 4. The molecule has 0 unspecified atom stereocenters. The summed E-state index contributed by atoms with van der Waals surface area (Å²) >= 11 is 3.28. The first-order valence-corrected chi connectivity index (χ1v) is 12.2. The van der Waals surface area contributed by atoms with E-state index in [1.54, 1.807) is 48.5 Å². The fourth-order valence-corrected chi connectivity index (χ4v) is 4.55. The molecule has 0 fully saturated rings. The van der Waals surface area contributed by atoms with Crippen LogP contribution in [0.25, 0.3) is 10.8 Å². The zero-order valence-corrected chi connectivity index (χ0v) is 20.2. The average Bonchev–Trinajstić information content (AvgIpc) is 2.85. The number of aromatic hydroxyl groups is 1. The van der Waals surface area contributed by atoms with Crippen LogP contribution in [-0.2, 0) is 10.0 Å². The minimum atomic E-state index is -3.94. The van der Waals surface area contributed by atoms with Crippen LogP contribution in [-0.4, -0.2) is 26.5 Å². The molecule has 0 atom stereocenters. The Kier molecular flexibility index (Phi) is 6.62. The summed E-state index contributed by atoms with van der Waals surface area (Å²) in [5, 5.41) is 19.1. The third-order valence-corrected chi connectivity index (χ3v) is 6.86. The third-order valence-electron chi connectivity index (χ3n) is 4.95. The van der Waals surface area contributed by atoms with Crippen LogP contribution in [0.5, 0.6) is 11.5 Å². The van der Waals surface area contributed by atoms with Gasteiger partial charge in [-0.3, -0.25) is 9.52 Å². The summed E-state index contributed by atoms with van der Waals surface area (Å²) in [5.41, 5.74) is 0.400. The zero-order valence-electron chi connectivity index (χ0n) is 17.8. The molecule has 0 bridgehead atoms. The predicted octanol–water partition coefficient (Wildman–Crippen LogP) is 6.04. The van der Waals surface area contributed by atoms with Crippen LogP contribution in [0.15, 0.2) is 98.5 Å². The van der Waals surface area contributed by atoms with Gasteiger partial charge in [0.25, 0.3) is 15.9 Å². The second-order valence-electron chi connectivity index (χ2n) is 7.13. The number of azo groups is 1. The number of amides is 1. The molecule has 0 radical (unpaired) electrons. The summed E-state index contributed by atoms with van der Waals surface area (Å²) in [6, 6.07) is 20.5. The molecule has 4 aromatic rings. The first-order chi connectivity index (χ1) is 16.3. The first-order valence-electron chi connectivity index (χ1n) is 9.92. The molecule has 2 N–H and O–H groups in total. The molecule has 0 aromatic heterocycles. The number of anilines is 1. The maximum absolute atomic E-state index is 12.9. The van der Waals surface area contributed by atoms with Crippen LogP contribution in [0.3, 0.4) is 0 Å². The van der Waals surface area contributed by atoms with Gasteiger partial charge in [0.05, 0.1) is 17.7 Å². The number of ether oxygens (including phenoxy) is 1. The maximum atomic E-state index is 12.9. The summed E-state index contributed by atoms with van der Waals surface area (Å²) < 4.78 is 34.2. The Hall–Kier alpha value is -3.76. The number of sulfonamides is 1. The molecule has 8 nitrogen and oxygen atoms in total. The highest BCUT2D eigenvalue weighted by molar-refractivity contribution is 9.10. The fourth-order valence-electron chi connectivity index (χ4n) is 3.21. The number of nitrogens with zero attached hydrogens (tertiary/aromatic N) is 2. The number of phenolic OH excluding ortho intramolecular Hbond substituents is 1. The van der Waals surface area contributed by atoms with Gasteiger partial charge in [-0.2, -0.15) is 0 Å². The minimum absolute atomic E-state index is 0.0608. The van der Waals surface area contributed by atoms with Gasteiger partial charge in [0, 0.05) is 20.8 Å². The zero-order chi connectivity index (χ0) is 24.3. The average molecular weight is 540 g/mol. The van der Waals surface area contributed by atoms with Gasteiger partial charge in [-0.25, -0.2) is 8.42 Å². The van der Waals surface area contributed by atoms with E-state index in [9.17, 15) is 18.3 Å². The molecule has 0 saturated heterocycles. The van der Waals surface area contributed by atoms with Crippen LogP contribution in [0.1, 0.15) is 10.4 Å². The molecule has 0 heterocycles. The van der Waals surface area contributed by atoms with E-state index >= 15 is 0 Å². The van der Waals surface area contributed by atoms with Crippen molar-refractivity contribution in [1.82, 2.24) is 0 Å². The molecule has 0 aliphatic heterocycles. The van der Waals surface area contributed by atoms with E-state index in [1.807, 2.05) is 0 Å². The summed E-state index contributed by atoms with van der Waals surface area (Å²) in [5.74, 6) is -0.274. The second-order valence-corrected chi connectivity index (χ2v) is 9.73. The lowest BCUT2D eigenvalue weighted by atomic mass is 10.1. The summed E-state index contributed by atoms with van der Waals surface area (Å²) in [6.45, 7) is 0. The van der Waals surface area contributed by atoms with E-state index in [2.05, 4.69) is 30.9 Å². The van der Waals surface area contributed by atoms with Gasteiger partial charge >= 0.3 is 0 Å². The fraction of sp³-hybridized carbons (Fsp3) is 0.0417. The van der Waals surface area contributed by atoms with Gasteiger partial charge in [0.15, 0.2) is 5.75 Å². The number of hydrogen-bond donors (Lipinski definition) is 2. The van der Waals surface area contributed by atoms with E-state index in [0.717, 1.165) is 4.47 Å². The lowest BCUT2D eigenvalue weighted by molar-refractivity contribution is 0.0995. The molecule has 1 amide bonds. The van der Waals surface area contributed by atoms with Crippen molar-refractivity contribution in [3.05, 3.63) is 88.9 Å². The number of carbonyl (C=O) groups excluding carboxylic acids is 1. The Morgan fingerprint density at radius 2 is 1.62 bits per heavy atom. The monoisotopic (exact) mass is 539 g/mol. The second kappa shape index (κ2) is 9.62. The van der Waals surface area contributed by atoms with Crippen LogP contribution >= 0.6 is 15.9 Å². The molecule has 0 saturated carbocycles. The third kappa shape index (κ3) is 4.92.